The molecule has 35 heavy (non-hydrogen) atoms. The van der Waals surface area contributed by atoms with Crippen LogP contribution in [0.2, 0.25) is 10.0 Å². The normalized spacial score (nSPS) is 15.6. The summed E-state index contributed by atoms with van der Waals surface area (Å²) in [5, 5.41) is 9.86. The van der Waals surface area contributed by atoms with Gasteiger partial charge >= 0.3 is 17.7 Å². The van der Waals surface area contributed by atoms with E-state index in [-0.39, 0.29) is 53.5 Å². The van der Waals surface area contributed by atoms with Crippen molar-refractivity contribution < 1.29 is 28.3 Å². The summed E-state index contributed by atoms with van der Waals surface area (Å²) in [6, 6.07) is 4.96. The average molecular weight is 527 g/mol. The number of hydrogen-bond donors (Lipinski definition) is 3. The van der Waals surface area contributed by atoms with Gasteiger partial charge < -0.3 is 24.8 Å². The Kier molecular flexibility index (Phi) is 8.96. The second-order valence-electron chi connectivity index (χ2n) is 7.27. The molecule has 0 fully saturated rings. The van der Waals surface area contributed by atoms with Crippen LogP contribution in [0.5, 0.6) is 0 Å². The Hall–Kier alpha value is -3.28. The zero-order valence-electron chi connectivity index (χ0n) is 19.2. The first kappa shape index (κ1) is 26.3. The number of ether oxygens (including phenoxy) is 3. The lowest BCUT2D eigenvalue weighted by atomic mass is 9.80. The van der Waals surface area contributed by atoms with Gasteiger partial charge in [-0.15, -0.1) is 0 Å². The number of carbonyl (C=O) groups excluding carboxylic acids is 2. The average Bonchev–Trinajstić information content (AvgIpc) is 3.24. The van der Waals surface area contributed by atoms with Gasteiger partial charge in [0.1, 0.15) is 0 Å². The summed E-state index contributed by atoms with van der Waals surface area (Å²) in [4.78, 5) is 39.3. The maximum Gasteiger partial charge on any atom is 0.440 e. The summed E-state index contributed by atoms with van der Waals surface area (Å²) in [5.41, 5.74) is 1.64. The van der Waals surface area contributed by atoms with E-state index in [2.05, 4.69) is 25.3 Å². The van der Waals surface area contributed by atoms with Crippen LogP contribution in [0.15, 0.2) is 50.1 Å². The molecular weight excluding hydrogens is 503 g/mol. The lowest BCUT2D eigenvalue weighted by molar-refractivity contribution is -0.139. The number of nitrogens with one attached hydrogen (secondary N) is 3. The van der Waals surface area contributed by atoms with E-state index in [0.29, 0.717) is 17.0 Å². The molecule has 0 bridgehead atoms. The molecule has 188 valence electrons. The lowest BCUT2D eigenvalue weighted by Crippen LogP contribution is -2.35. The fourth-order valence-corrected chi connectivity index (χ4v) is 4.03. The van der Waals surface area contributed by atoms with Gasteiger partial charge in [0.15, 0.2) is 0 Å². The minimum atomic E-state index is -0.911. The number of rotatable bonds is 10. The summed E-state index contributed by atoms with van der Waals surface area (Å²) in [7, 11) is 1.25. The molecule has 0 amide bonds. The Labute approximate surface area is 210 Å². The maximum absolute atomic E-state index is 13.1. The number of methoxy groups -OCH3 is 1. The number of carbonyl (C=O) groups is 2. The quantitative estimate of drug-likeness (QED) is 0.312. The van der Waals surface area contributed by atoms with Crippen molar-refractivity contribution >= 4 is 41.1 Å². The Balaban J connectivity index is 1.94. The molecule has 3 N–H and O–H groups in total. The number of dihydropyridines is 1. The second kappa shape index (κ2) is 11.9. The van der Waals surface area contributed by atoms with E-state index in [0.717, 1.165) is 0 Å². The monoisotopic (exact) mass is 526 g/mol. The third kappa shape index (κ3) is 6.05. The summed E-state index contributed by atoms with van der Waals surface area (Å²) in [5.74, 6) is -2.71. The van der Waals surface area contributed by atoms with E-state index >= 15 is 0 Å². The van der Waals surface area contributed by atoms with Gasteiger partial charge in [-0.25, -0.2) is 14.4 Å². The van der Waals surface area contributed by atoms with Crippen LogP contribution >= 0.6 is 23.2 Å². The van der Waals surface area contributed by atoms with E-state index in [9.17, 15) is 14.4 Å². The molecule has 1 aliphatic heterocycles. The smallest absolute Gasteiger partial charge is 0.440 e. The van der Waals surface area contributed by atoms with Crippen molar-refractivity contribution in [3.05, 3.63) is 66.9 Å². The maximum atomic E-state index is 13.1. The highest BCUT2D eigenvalue weighted by Crippen LogP contribution is 2.43. The fourth-order valence-electron chi connectivity index (χ4n) is 3.62. The van der Waals surface area contributed by atoms with E-state index < -0.39 is 23.6 Å². The molecule has 0 radical (unpaired) electrons. The number of aromatic nitrogens is 2. The van der Waals surface area contributed by atoms with Gasteiger partial charge in [-0.1, -0.05) is 35.3 Å². The van der Waals surface area contributed by atoms with Crippen molar-refractivity contribution in [1.82, 2.24) is 15.5 Å². The highest BCUT2D eigenvalue weighted by molar-refractivity contribution is 6.42. The van der Waals surface area contributed by atoms with Crippen molar-refractivity contribution in [2.45, 2.75) is 19.8 Å². The molecule has 0 saturated heterocycles. The van der Waals surface area contributed by atoms with Gasteiger partial charge in [0.25, 0.3) is 0 Å². The van der Waals surface area contributed by atoms with Crippen molar-refractivity contribution in [1.29, 1.82) is 0 Å². The van der Waals surface area contributed by atoms with E-state index in [1.807, 2.05) is 0 Å². The molecule has 2 aromatic rings. The number of benzene rings is 1. The molecule has 0 spiro atoms. The van der Waals surface area contributed by atoms with Crippen LogP contribution in [0.1, 0.15) is 25.3 Å². The number of allylic oxidation sites excluding steroid dienone is 1. The van der Waals surface area contributed by atoms with Gasteiger partial charge in [0.2, 0.25) is 5.95 Å². The molecule has 13 heteroatoms. The number of H-pyrrole nitrogens is 1. The molecule has 0 aliphatic carbocycles. The topological polar surface area (TPSA) is 145 Å². The molecule has 11 nitrogen and oxygen atoms in total. The molecule has 0 saturated carbocycles. The zero-order valence-corrected chi connectivity index (χ0v) is 20.7. The Morgan fingerprint density at radius 2 is 2.00 bits per heavy atom. The van der Waals surface area contributed by atoms with E-state index in [1.165, 1.54) is 7.11 Å². The summed E-state index contributed by atoms with van der Waals surface area (Å²) < 4.78 is 20.4. The van der Waals surface area contributed by atoms with E-state index in [1.54, 1.807) is 32.0 Å². The first-order valence-corrected chi connectivity index (χ1v) is 11.3. The van der Waals surface area contributed by atoms with Crippen molar-refractivity contribution in [3.63, 3.8) is 0 Å². The van der Waals surface area contributed by atoms with Crippen LogP contribution in [0.4, 0.5) is 5.95 Å². The van der Waals surface area contributed by atoms with Crippen molar-refractivity contribution in [3.8, 4) is 0 Å². The van der Waals surface area contributed by atoms with Crippen LogP contribution in [0, 0.1) is 0 Å². The number of esters is 2. The first-order chi connectivity index (χ1) is 16.8. The standard InChI is InChI=1S/C22H24Cl2N4O7/c1-4-34-20(30)17-14(10-33-9-8-25-21-27-22(31)35-28-21)26-11(2)15(19(29)32-3)16(17)12-6-5-7-13(23)18(12)24/h5-7,16,26H,4,8-10H2,1-3H3,(H2,25,27,28,31). The van der Waals surface area contributed by atoms with Crippen molar-refractivity contribution in [2.75, 3.05) is 38.8 Å². The minimum absolute atomic E-state index is 0.0222. The number of halogens is 2. The predicted molar refractivity (Wildman–Crippen MR) is 127 cm³/mol. The molecular formula is C22H24Cl2N4O7. The van der Waals surface area contributed by atoms with Crippen LogP contribution in [0.25, 0.3) is 0 Å². The SMILES string of the molecule is CCOC(=O)C1=C(COCCNc2noc(=O)[nH]2)NC(C)=C(C(=O)OC)C1c1cccc(Cl)c1Cl. The number of aromatic amines is 1. The first-order valence-electron chi connectivity index (χ1n) is 10.6. The molecule has 2 heterocycles. The van der Waals surface area contributed by atoms with Gasteiger partial charge in [0, 0.05) is 12.2 Å². The minimum Gasteiger partial charge on any atom is -0.466 e. The summed E-state index contributed by atoms with van der Waals surface area (Å²) in [6.45, 7) is 3.92. The summed E-state index contributed by atoms with van der Waals surface area (Å²) in [6.07, 6.45) is 0. The molecule has 1 aliphatic rings. The van der Waals surface area contributed by atoms with Gasteiger partial charge in [-0.3, -0.25) is 9.51 Å². The Morgan fingerprint density at radius 3 is 2.66 bits per heavy atom. The number of nitrogens with zero attached hydrogens (tertiary/aromatic N) is 1. The van der Waals surface area contributed by atoms with Crippen molar-refractivity contribution in [2.24, 2.45) is 0 Å². The van der Waals surface area contributed by atoms with Crippen LogP contribution in [-0.2, 0) is 23.8 Å². The molecule has 1 aromatic heterocycles. The number of anilines is 1. The third-order valence-corrected chi connectivity index (χ3v) is 5.90. The van der Waals surface area contributed by atoms with E-state index in [4.69, 9.17) is 37.4 Å². The zero-order chi connectivity index (χ0) is 25.5. The molecule has 1 aromatic carbocycles. The van der Waals surface area contributed by atoms with Gasteiger partial charge in [0.05, 0.1) is 59.7 Å². The number of hydrogen-bond acceptors (Lipinski definition) is 10. The van der Waals surface area contributed by atoms with Gasteiger partial charge in [-0.05, 0) is 30.6 Å². The van der Waals surface area contributed by atoms with Crippen LogP contribution < -0.4 is 16.4 Å². The fraction of sp³-hybridized carbons (Fsp3) is 0.364. The Bertz CT molecular complexity index is 1220. The van der Waals surface area contributed by atoms with Crippen LogP contribution in [-0.4, -0.2) is 55.6 Å². The molecule has 1 unspecified atom stereocenters. The molecule has 3 rings (SSSR count). The third-order valence-electron chi connectivity index (χ3n) is 5.06. The highest BCUT2D eigenvalue weighted by Gasteiger charge is 2.40. The predicted octanol–water partition coefficient (Wildman–Crippen LogP) is 2.75. The highest BCUT2D eigenvalue weighted by atomic mass is 35.5. The molecule has 1 atom stereocenters. The Morgan fingerprint density at radius 1 is 1.23 bits per heavy atom. The largest absolute Gasteiger partial charge is 0.466 e. The summed E-state index contributed by atoms with van der Waals surface area (Å²) >= 11 is 12.8. The second-order valence-corrected chi connectivity index (χ2v) is 8.05. The lowest BCUT2D eigenvalue weighted by Gasteiger charge is -2.31. The van der Waals surface area contributed by atoms with Gasteiger partial charge in [-0.2, -0.15) is 0 Å². The van der Waals surface area contributed by atoms with Crippen LogP contribution in [0.3, 0.4) is 0 Å².